The summed E-state index contributed by atoms with van der Waals surface area (Å²) in [5.41, 5.74) is 2.04. The number of nitrogens with one attached hydrogen (secondary N) is 2. The van der Waals surface area contributed by atoms with Crippen molar-refractivity contribution in [2.75, 3.05) is 13.1 Å². The lowest BCUT2D eigenvalue weighted by Gasteiger charge is -2.10. The van der Waals surface area contributed by atoms with Crippen molar-refractivity contribution in [2.24, 2.45) is 4.99 Å². The number of thiazole rings is 1. The molecule has 0 bridgehead atoms. The highest BCUT2D eigenvalue weighted by atomic mass is 32.1. The van der Waals surface area contributed by atoms with Crippen LogP contribution in [0.5, 0.6) is 0 Å². The predicted molar refractivity (Wildman–Crippen MR) is 98.6 cm³/mol. The van der Waals surface area contributed by atoms with Gasteiger partial charge in [0.1, 0.15) is 12.3 Å². The Morgan fingerprint density at radius 3 is 2.67 bits per heavy atom. The molecule has 7 heteroatoms. The highest BCUT2D eigenvalue weighted by molar-refractivity contribution is 7.09. The first-order chi connectivity index (χ1) is 11.6. The second-order valence-corrected chi connectivity index (χ2v) is 6.65. The number of oxazole rings is 1. The maximum atomic E-state index is 5.56. The molecular weight excluding hydrogens is 322 g/mol. The molecular formula is C17H27N5OS. The van der Waals surface area contributed by atoms with Crippen molar-refractivity contribution in [2.45, 2.75) is 53.5 Å². The monoisotopic (exact) mass is 349 g/mol. The van der Waals surface area contributed by atoms with Crippen LogP contribution in [0.2, 0.25) is 0 Å². The van der Waals surface area contributed by atoms with Crippen LogP contribution >= 0.6 is 11.3 Å². The topological polar surface area (TPSA) is 75.3 Å². The first-order valence-electron chi connectivity index (χ1n) is 8.44. The molecule has 24 heavy (non-hydrogen) atoms. The highest BCUT2D eigenvalue weighted by Crippen LogP contribution is 2.11. The summed E-state index contributed by atoms with van der Waals surface area (Å²) in [6, 6.07) is 0. The average Bonchev–Trinajstić information content (AvgIpc) is 3.10. The fraction of sp³-hybridized carbons (Fsp3) is 0.588. The molecule has 0 amide bonds. The number of aliphatic imine (C=N–C) groups is 1. The Labute approximate surface area is 147 Å². The van der Waals surface area contributed by atoms with Gasteiger partial charge in [-0.15, -0.1) is 11.3 Å². The summed E-state index contributed by atoms with van der Waals surface area (Å²) in [6.07, 6.45) is 3.25. The van der Waals surface area contributed by atoms with Gasteiger partial charge in [0.05, 0.1) is 10.7 Å². The van der Waals surface area contributed by atoms with Crippen molar-refractivity contribution < 1.29 is 4.42 Å². The van der Waals surface area contributed by atoms with E-state index in [0.717, 1.165) is 55.5 Å². The number of aryl methyl sites for hydroxylation is 4. The van der Waals surface area contributed by atoms with Crippen molar-refractivity contribution in [1.29, 1.82) is 0 Å². The normalized spacial score (nSPS) is 11.8. The van der Waals surface area contributed by atoms with E-state index in [1.165, 1.54) is 5.01 Å². The standard InChI is InChI=1S/C17H27N5OS/c1-5-18-17(20-10-15-22-13(3)14(4)23-15)19-9-7-6-8-16-21-12(2)11-24-16/h11H,5-10H2,1-4H3,(H2,18,19,20). The molecule has 0 atom stereocenters. The van der Waals surface area contributed by atoms with Crippen molar-refractivity contribution in [3.63, 3.8) is 0 Å². The highest BCUT2D eigenvalue weighted by Gasteiger charge is 2.05. The van der Waals surface area contributed by atoms with E-state index in [9.17, 15) is 0 Å². The van der Waals surface area contributed by atoms with Gasteiger partial charge in [-0.25, -0.2) is 15.0 Å². The Balaban J connectivity index is 1.72. The van der Waals surface area contributed by atoms with Crippen LogP contribution in [0.25, 0.3) is 0 Å². The summed E-state index contributed by atoms with van der Waals surface area (Å²) in [4.78, 5) is 13.4. The predicted octanol–water partition coefficient (Wildman–Crippen LogP) is 3.13. The molecule has 0 aliphatic rings. The lowest BCUT2D eigenvalue weighted by Crippen LogP contribution is -2.37. The molecule has 0 fully saturated rings. The minimum absolute atomic E-state index is 0.447. The SMILES string of the molecule is CCNC(=NCc1nc(C)c(C)o1)NCCCCc1nc(C)cs1. The molecule has 0 spiro atoms. The van der Waals surface area contributed by atoms with E-state index in [1.807, 2.05) is 20.8 Å². The zero-order valence-corrected chi connectivity index (χ0v) is 15.8. The largest absolute Gasteiger partial charge is 0.444 e. The second-order valence-electron chi connectivity index (χ2n) is 5.71. The Morgan fingerprint density at radius 1 is 1.21 bits per heavy atom. The summed E-state index contributed by atoms with van der Waals surface area (Å²) in [6.45, 7) is 10.1. The van der Waals surface area contributed by atoms with Crippen LogP contribution in [0.4, 0.5) is 0 Å². The van der Waals surface area contributed by atoms with Gasteiger partial charge >= 0.3 is 0 Å². The number of hydrogen-bond acceptors (Lipinski definition) is 5. The third kappa shape index (κ3) is 5.96. The molecule has 2 heterocycles. The molecule has 0 aromatic carbocycles. The number of rotatable bonds is 8. The maximum Gasteiger partial charge on any atom is 0.216 e. The molecule has 2 aromatic rings. The van der Waals surface area contributed by atoms with E-state index in [4.69, 9.17) is 4.42 Å². The van der Waals surface area contributed by atoms with Gasteiger partial charge in [0.15, 0.2) is 5.96 Å². The molecule has 0 aliphatic heterocycles. The summed E-state index contributed by atoms with van der Waals surface area (Å²) >= 11 is 1.75. The zero-order chi connectivity index (χ0) is 17.4. The molecule has 6 nitrogen and oxygen atoms in total. The minimum Gasteiger partial charge on any atom is -0.444 e. The second kappa shape index (κ2) is 9.42. The third-order valence-electron chi connectivity index (χ3n) is 3.57. The van der Waals surface area contributed by atoms with Gasteiger partial charge in [-0.2, -0.15) is 0 Å². The molecule has 2 N–H and O–H groups in total. The van der Waals surface area contributed by atoms with Gasteiger partial charge in [-0.1, -0.05) is 0 Å². The quantitative estimate of drug-likeness (QED) is 0.435. The van der Waals surface area contributed by atoms with Gasteiger partial charge in [0, 0.05) is 24.2 Å². The lowest BCUT2D eigenvalue weighted by atomic mass is 10.2. The van der Waals surface area contributed by atoms with Crippen LogP contribution in [0.1, 0.15) is 47.8 Å². The Kier molecular flexibility index (Phi) is 7.24. The van der Waals surface area contributed by atoms with E-state index >= 15 is 0 Å². The Morgan fingerprint density at radius 2 is 2.04 bits per heavy atom. The number of hydrogen-bond donors (Lipinski definition) is 2. The van der Waals surface area contributed by atoms with Gasteiger partial charge < -0.3 is 15.1 Å². The molecule has 132 valence electrons. The van der Waals surface area contributed by atoms with Crippen LogP contribution in [-0.4, -0.2) is 29.0 Å². The molecule has 2 aromatic heterocycles. The summed E-state index contributed by atoms with van der Waals surface area (Å²) in [5.74, 6) is 2.31. The fourth-order valence-electron chi connectivity index (χ4n) is 2.22. The number of aromatic nitrogens is 2. The first kappa shape index (κ1) is 18.4. The summed E-state index contributed by atoms with van der Waals surface area (Å²) in [7, 11) is 0. The maximum absolute atomic E-state index is 5.56. The molecule has 0 radical (unpaired) electrons. The Bertz CT molecular complexity index is 642. The van der Waals surface area contributed by atoms with E-state index in [2.05, 4.69) is 37.9 Å². The van der Waals surface area contributed by atoms with Crippen molar-refractivity contribution in [3.05, 3.63) is 33.4 Å². The van der Waals surface area contributed by atoms with Crippen LogP contribution in [-0.2, 0) is 13.0 Å². The van der Waals surface area contributed by atoms with E-state index in [-0.39, 0.29) is 0 Å². The van der Waals surface area contributed by atoms with Crippen molar-refractivity contribution >= 4 is 17.3 Å². The third-order valence-corrected chi connectivity index (χ3v) is 4.59. The van der Waals surface area contributed by atoms with Crippen molar-refractivity contribution in [1.82, 2.24) is 20.6 Å². The Hall–Kier alpha value is -1.89. The molecule has 2 rings (SSSR count). The van der Waals surface area contributed by atoms with Crippen LogP contribution in [0.15, 0.2) is 14.8 Å². The average molecular weight is 350 g/mol. The van der Waals surface area contributed by atoms with Crippen LogP contribution in [0.3, 0.4) is 0 Å². The van der Waals surface area contributed by atoms with Gasteiger partial charge in [0.25, 0.3) is 0 Å². The van der Waals surface area contributed by atoms with Crippen molar-refractivity contribution in [3.8, 4) is 0 Å². The lowest BCUT2D eigenvalue weighted by molar-refractivity contribution is 0.472. The number of guanidine groups is 1. The number of nitrogens with zero attached hydrogens (tertiary/aromatic N) is 3. The number of unbranched alkanes of at least 4 members (excludes halogenated alkanes) is 1. The summed E-state index contributed by atoms with van der Waals surface area (Å²) < 4.78 is 5.56. The zero-order valence-electron chi connectivity index (χ0n) is 15.0. The fourth-order valence-corrected chi connectivity index (χ4v) is 3.04. The smallest absolute Gasteiger partial charge is 0.216 e. The van der Waals surface area contributed by atoms with Gasteiger partial charge in [0.2, 0.25) is 5.89 Å². The van der Waals surface area contributed by atoms with Gasteiger partial charge in [-0.05, 0) is 47.0 Å². The molecule has 0 saturated heterocycles. The van der Waals surface area contributed by atoms with Gasteiger partial charge in [-0.3, -0.25) is 0 Å². The van der Waals surface area contributed by atoms with E-state index in [0.29, 0.717) is 12.4 Å². The van der Waals surface area contributed by atoms with E-state index < -0.39 is 0 Å². The van der Waals surface area contributed by atoms with Crippen LogP contribution < -0.4 is 10.6 Å². The summed E-state index contributed by atoms with van der Waals surface area (Å²) in [5, 5.41) is 9.93. The molecule has 0 aliphatic carbocycles. The minimum atomic E-state index is 0.447. The molecule has 0 unspecified atom stereocenters. The molecule has 0 saturated carbocycles. The first-order valence-corrected chi connectivity index (χ1v) is 9.32. The van der Waals surface area contributed by atoms with Crippen LogP contribution in [0, 0.1) is 20.8 Å². The van der Waals surface area contributed by atoms with E-state index in [1.54, 1.807) is 11.3 Å².